The lowest BCUT2D eigenvalue weighted by Gasteiger charge is -2.16. The molecule has 0 amide bonds. The molecular weight excluding hydrogens is 236 g/mol. The Morgan fingerprint density at radius 3 is 2.17 bits per heavy atom. The molecule has 1 unspecified atom stereocenters. The van der Waals surface area contributed by atoms with Crippen LogP contribution in [0.2, 0.25) is 0 Å². The number of carbonyl (C=O) groups excluding carboxylic acids is 1. The van der Waals surface area contributed by atoms with Crippen LogP contribution in [-0.4, -0.2) is 33.7 Å². The monoisotopic (exact) mass is 252 g/mol. The van der Waals surface area contributed by atoms with E-state index < -0.39 is 6.10 Å². The molecule has 1 aliphatic rings. The summed E-state index contributed by atoms with van der Waals surface area (Å²) >= 11 is 0. The minimum atomic E-state index is -0.570. The van der Waals surface area contributed by atoms with Crippen LogP contribution in [0.5, 0.6) is 17.2 Å². The summed E-state index contributed by atoms with van der Waals surface area (Å²) in [5, 5.41) is 0. The minimum absolute atomic E-state index is 0.0560. The molecular formula is C13H16O5. The maximum Gasteiger partial charge on any atom is 0.168 e. The molecule has 18 heavy (non-hydrogen) atoms. The smallest absolute Gasteiger partial charge is 0.168 e. The molecule has 0 bridgehead atoms. The topological polar surface area (TPSA) is 54.0 Å². The average molecular weight is 252 g/mol. The van der Waals surface area contributed by atoms with E-state index >= 15 is 0 Å². The fourth-order valence-electron chi connectivity index (χ4n) is 2.02. The summed E-state index contributed by atoms with van der Waals surface area (Å²) in [6.07, 6.45) is -0.137. The highest BCUT2D eigenvalue weighted by molar-refractivity contribution is 5.87. The summed E-state index contributed by atoms with van der Waals surface area (Å²) in [5.41, 5.74) is 0.678. The highest BCUT2D eigenvalue weighted by atomic mass is 16.5. The first-order valence-electron chi connectivity index (χ1n) is 5.65. The van der Waals surface area contributed by atoms with Gasteiger partial charge in [-0.2, -0.15) is 0 Å². The SMILES string of the molecule is COc1cc(OC)c(C2OCCC2=O)cc1OC. The molecule has 1 aromatic rings. The Morgan fingerprint density at radius 2 is 1.67 bits per heavy atom. The highest BCUT2D eigenvalue weighted by Crippen LogP contribution is 2.40. The molecule has 2 rings (SSSR count). The lowest BCUT2D eigenvalue weighted by atomic mass is 10.0. The minimum Gasteiger partial charge on any atom is -0.496 e. The van der Waals surface area contributed by atoms with E-state index in [2.05, 4.69) is 0 Å². The Bertz CT molecular complexity index is 455. The Hall–Kier alpha value is -1.75. The predicted molar refractivity (Wildman–Crippen MR) is 64.4 cm³/mol. The average Bonchev–Trinajstić information content (AvgIpc) is 2.83. The zero-order valence-corrected chi connectivity index (χ0v) is 10.7. The molecule has 1 aromatic carbocycles. The van der Waals surface area contributed by atoms with E-state index in [1.54, 1.807) is 33.5 Å². The van der Waals surface area contributed by atoms with Gasteiger partial charge in [0.2, 0.25) is 0 Å². The van der Waals surface area contributed by atoms with Crippen molar-refractivity contribution in [3.63, 3.8) is 0 Å². The number of Topliss-reactive ketones (excluding diaryl/α,β-unsaturated/α-hetero) is 1. The lowest BCUT2D eigenvalue weighted by Crippen LogP contribution is -2.08. The third-order valence-electron chi connectivity index (χ3n) is 2.94. The van der Waals surface area contributed by atoms with Crippen molar-refractivity contribution in [1.82, 2.24) is 0 Å². The van der Waals surface area contributed by atoms with Crippen LogP contribution < -0.4 is 14.2 Å². The quantitative estimate of drug-likeness (QED) is 0.817. The van der Waals surface area contributed by atoms with Gasteiger partial charge < -0.3 is 18.9 Å². The number of hydrogen-bond donors (Lipinski definition) is 0. The van der Waals surface area contributed by atoms with Gasteiger partial charge in [0, 0.05) is 18.1 Å². The second-order valence-corrected chi connectivity index (χ2v) is 3.92. The molecule has 0 aromatic heterocycles. The van der Waals surface area contributed by atoms with E-state index in [1.807, 2.05) is 0 Å². The van der Waals surface area contributed by atoms with Crippen molar-refractivity contribution in [3.05, 3.63) is 17.7 Å². The first-order chi connectivity index (χ1) is 8.71. The molecule has 0 N–H and O–H groups in total. The largest absolute Gasteiger partial charge is 0.496 e. The van der Waals surface area contributed by atoms with E-state index in [9.17, 15) is 4.79 Å². The molecule has 1 saturated heterocycles. The van der Waals surface area contributed by atoms with Crippen molar-refractivity contribution in [2.24, 2.45) is 0 Å². The van der Waals surface area contributed by atoms with Gasteiger partial charge in [0.25, 0.3) is 0 Å². The number of methoxy groups -OCH3 is 3. The van der Waals surface area contributed by atoms with Crippen molar-refractivity contribution >= 4 is 5.78 Å². The third-order valence-corrected chi connectivity index (χ3v) is 2.94. The number of carbonyl (C=O) groups is 1. The zero-order valence-electron chi connectivity index (χ0n) is 10.7. The third kappa shape index (κ3) is 2.13. The fourth-order valence-corrected chi connectivity index (χ4v) is 2.02. The Labute approximate surface area is 106 Å². The van der Waals surface area contributed by atoms with Crippen LogP contribution in [0.4, 0.5) is 0 Å². The lowest BCUT2D eigenvalue weighted by molar-refractivity contribution is -0.122. The van der Waals surface area contributed by atoms with Gasteiger partial charge in [0.1, 0.15) is 11.9 Å². The molecule has 1 aliphatic heterocycles. The molecule has 0 saturated carbocycles. The zero-order chi connectivity index (χ0) is 13.1. The van der Waals surface area contributed by atoms with E-state index in [4.69, 9.17) is 18.9 Å². The molecule has 0 spiro atoms. The first-order valence-corrected chi connectivity index (χ1v) is 5.65. The number of benzene rings is 1. The Kier molecular flexibility index (Phi) is 3.72. The summed E-state index contributed by atoms with van der Waals surface area (Å²) in [4.78, 5) is 11.7. The normalized spacial score (nSPS) is 18.8. The number of ketones is 1. The van der Waals surface area contributed by atoms with E-state index in [-0.39, 0.29) is 5.78 Å². The van der Waals surface area contributed by atoms with E-state index in [0.29, 0.717) is 35.8 Å². The van der Waals surface area contributed by atoms with Crippen LogP contribution >= 0.6 is 0 Å². The van der Waals surface area contributed by atoms with Crippen LogP contribution in [0.1, 0.15) is 18.1 Å². The number of rotatable bonds is 4. The molecule has 5 nitrogen and oxygen atoms in total. The highest BCUT2D eigenvalue weighted by Gasteiger charge is 2.30. The van der Waals surface area contributed by atoms with Gasteiger partial charge in [-0.05, 0) is 6.07 Å². The van der Waals surface area contributed by atoms with E-state index in [0.717, 1.165) is 0 Å². The molecule has 0 radical (unpaired) electrons. The fraction of sp³-hybridized carbons (Fsp3) is 0.462. The summed E-state index contributed by atoms with van der Waals surface area (Å²) in [6.45, 7) is 0.445. The standard InChI is InChI=1S/C13H16O5/c1-15-10-7-12(17-3)11(16-2)6-8(10)13-9(14)4-5-18-13/h6-7,13H,4-5H2,1-3H3. The summed E-state index contributed by atoms with van der Waals surface area (Å²) in [7, 11) is 4.64. The van der Waals surface area contributed by atoms with Crippen molar-refractivity contribution in [2.45, 2.75) is 12.5 Å². The second kappa shape index (κ2) is 5.27. The number of ether oxygens (including phenoxy) is 4. The van der Waals surface area contributed by atoms with Crippen molar-refractivity contribution in [1.29, 1.82) is 0 Å². The summed E-state index contributed by atoms with van der Waals surface area (Å²) in [5.74, 6) is 1.73. The summed E-state index contributed by atoms with van der Waals surface area (Å²) < 4.78 is 21.1. The molecule has 1 heterocycles. The van der Waals surface area contributed by atoms with Crippen LogP contribution in [0, 0.1) is 0 Å². The van der Waals surface area contributed by atoms with Crippen LogP contribution in [-0.2, 0) is 9.53 Å². The maximum atomic E-state index is 11.7. The summed E-state index contributed by atoms with van der Waals surface area (Å²) in [6, 6.07) is 3.43. The van der Waals surface area contributed by atoms with E-state index in [1.165, 1.54) is 0 Å². The molecule has 5 heteroatoms. The Morgan fingerprint density at radius 1 is 1.06 bits per heavy atom. The van der Waals surface area contributed by atoms with Gasteiger partial charge in [0.15, 0.2) is 17.3 Å². The number of hydrogen-bond acceptors (Lipinski definition) is 5. The molecule has 1 atom stereocenters. The van der Waals surface area contributed by atoms with Crippen molar-refractivity contribution in [2.75, 3.05) is 27.9 Å². The van der Waals surface area contributed by atoms with Gasteiger partial charge in [-0.15, -0.1) is 0 Å². The van der Waals surface area contributed by atoms with Gasteiger partial charge in [-0.3, -0.25) is 4.79 Å². The molecule has 1 fully saturated rings. The predicted octanol–water partition coefficient (Wildman–Crippen LogP) is 1.74. The van der Waals surface area contributed by atoms with Gasteiger partial charge >= 0.3 is 0 Å². The van der Waals surface area contributed by atoms with Gasteiger partial charge in [0.05, 0.1) is 27.9 Å². The van der Waals surface area contributed by atoms with Crippen LogP contribution in [0.25, 0.3) is 0 Å². The second-order valence-electron chi connectivity index (χ2n) is 3.92. The Balaban J connectivity index is 2.47. The van der Waals surface area contributed by atoms with Gasteiger partial charge in [-0.25, -0.2) is 0 Å². The molecule has 0 aliphatic carbocycles. The van der Waals surface area contributed by atoms with Gasteiger partial charge in [-0.1, -0.05) is 0 Å². The van der Waals surface area contributed by atoms with Crippen molar-refractivity contribution in [3.8, 4) is 17.2 Å². The van der Waals surface area contributed by atoms with Crippen molar-refractivity contribution < 1.29 is 23.7 Å². The maximum absolute atomic E-state index is 11.7. The first kappa shape index (κ1) is 12.7. The van der Waals surface area contributed by atoms with Crippen LogP contribution in [0.3, 0.4) is 0 Å². The molecule has 98 valence electrons. The van der Waals surface area contributed by atoms with Crippen LogP contribution in [0.15, 0.2) is 12.1 Å².